The number of aliphatic hydroxyl groups is 1. The SMILES string of the molecule is Cc1c(N)ncnc1NCC1CCCC1O. The summed E-state index contributed by atoms with van der Waals surface area (Å²) in [6.07, 6.45) is 4.38. The van der Waals surface area contributed by atoms with Crippen LogP contribution in [0.4, 0.5) is 11.6 Å². The number of hydrogen-bond acceptors (Lipinski definition) is 5. The molecule has 5 heteroatoms. The van der Waals surface area contributed by atoms with Gasteiger partial charge in [-0.3, -0.25) is 0 Å². The number of anilines is 2. The standard InChI is InChI=1S/C11H18N4O/c1-7-10(12)14-6-15-11(7)13-5-8-3-2-4-9(8)16/h6,8-9,16H,2-5H2,1H3,(H3,12,13,14,15). The molecule has 1 saturated carbocycles. The summed E-state index contributed by atoms with van der Waals surface area (Å²) in [6, 6.07) is 0. The largest absolute Gasteiger partial charge is 0.393 e. The minimum Gasteiger partial charge on any atom is -0.393 e. The van der Waals surface area contributed by atoms with Gasteiger partial charge in [0.15, 0.2) is 0 Å². The van der Waals surface area contributed by atoms with Gasteiger partial charge in [0.2, 0.25) is 0 Å². The van der Waals surface area contributed by atoms with Gasteiger partial charge >= 0.3 is 0 Å². The van der Waals surface area contributed by atoms with Crippen LogP contribution in [0, 0.1) is 12.8 Å². The van der Waals surface area contributed by atoms with Crippen LogP contribution in [0.5, 0.6) is 0 Å². The van der Waals surface area contributed by atoms with E-state index in [9.17, 15) is 5.11 Å². The van der Waals surface area contributed by atoms with Gasteiger partial charge in [-0.25, -0.2) is 9.97 Å². The molecule has 2 unspecified atom stereocenters. The smallest absolute Gasteiger partial charge is 0.134 e. The van der Waals surface area contributed by atoms with E-state index in [0.717, 1.165) is 37.2 Å². The Kier molecular flexibility index (Phi) is 3.24. The van der Waals surface area contributed by atoms with E-state index in [1.54, 1.807) is 0 Å². The zero-order valence-electron chi connectivity index (χ0n) is 9.48. The van der Waals surface area contributed by atoms with Crippen molar-refractivity contribution in [2.24, 2.45) is 5.92 Å². The van der Waals surface area contributed by atoms with Gasteiger partial charge in [0, 0.05) is 18.0 Å². The lowest BCUT2D eigenvalue weighted by molar-refractivity contribution is 0.138. The Morgan fingerprint density at radius 3 is 3.00 bits per heavy atom. The Labute approximate surface area is 95.1 Å². The highest BCUT2D eigenvalue weighted by atomic mass is 16.3. The molecule has 5 nitrogen and oxygen atoms in total. The molecule has 0 spiro atoms. The molecule has 0 amide bonds. The lowest BCUT2D eigenvalue weighted by Gasteiger charge is -2.16. The minimum atomic E-state index is -0.174. The van der Waals surface area contributed by atoms with Gasteiger partial charge < -0.3 is 16.2 Å². The highest BCUT2D eigenvalue weighted by Crippen LogP contribution is 2.26. The molecule has 4 N–H and O–H groups in total. The molecule has 1 heterocycles. The van der Waals surface area contributed by atoms with Gasteiger partial charge in [-0.05, 0) is 19.8 Å². The summed E-state index contributed by atoms with van der Waals surface area (Å²) in [6.45, 7) is 2.64. The van der Waals surface area contributed by atoms with Crippen LogP contribution in [-0.2, 0) is 0 Å². The van der Waals surface area contributed by atoms with Gasteiger partial charge in [0.05, 0.1) is 6.10 Å². The Balaban J connectivity index is 1.96. The number of nitrogens with zero attached hydrogens (tertiary/aromatic N) is 2. The third kappa shape index (κ3) is 2.24. The van der Waals surface area contributed by atoms with E-state index in [0.29, 0.717) is 11.7 Å². The van der Waals surface area contributed by atoms with Crippen molar-refractivity contribution in [2.75, 3.05) is 17.6 Å². The zero-order chi connectivity index (χ0) is 11.5. The monoisotopic (exact) mass is 222 g/mol. The summed E-state index contributed by atoms with van der Waals surface area (Å²) in [5, 5.41) is 12.9. The van der Waals surface area contributed by atoms with Gasteiger partial charge in [-0.15, -0.1) is 0 Å². The lowest BCUT2D eigenvalue weighted by atomic mass is 10.1. The second-order valence-corrected chi connectivity index (χ2v) is 4.37. The van der Waals surface area contributed by atoms with E-state index >= 15 is 0 Å². The molecule has 0 aliphatic heterocycles. The predicted molar refractivity (Wildman–Crippen MR) is 63.0 cm³/mol. The summed E-state index contributed by atoms with van der Waals surface area (Å²) >= 11 is 0. The van der Waals surface area contributed by atoms with Crippen LogP contribution in [0.2, 0.25) is 0 Å². The number of nitrogen functional groups attached to an aromatic ring is 1. The van der Waals surface area contributed by atoms with Crippen molar-refractivity contribution >= 4 is 11.6 Å². The molecule has 0 aromatic carbocycles. The van der Waals surface area contributed by atoms with E-state index in [-0.39, 0.29) is 6.10 Å². The summed E-state index contributed by atoms with van der Waals surface area (Å²) in [7, 11) is 0. The van der Waals surface area contributed by atoms with Crippen LogP contribution in [0.15, 0.2) is 6.33 Å². The molecule has 1 fully saturated rings. The number of aliphatic hydroxyl groups excluding tert-OH is 1. The van der Waals surface area contributed by atoms with Crippen molar-refractivity contribution in [3.63, 3.8) is 0 Å². The Bertz CT molecular complexity index is 369. The first-order chi connectivity index (χ1) is 7.68. The summed E-state index contributed by atoms with van der Waals surface area (Å²) in [5.74, 6) is 1.60. The normalized spacial score (nSPS) is 24.6. The maximum atomic E-state index is 9.69. The number of nitrogens with two attached hydrogens (primary N) is 1. The van der Waals surface area contributed by atoms with Crippen molar-refractivity contribution < 1.29 is 5.11 Å². The Hall–Kier alpha value is -1.36. The molecule has 2 rings (SSSR count). The number of aromatic nitrogens is 2. The van der Waals surface area contributed by atoms with E-state index in [4.69, 9.17) is 5.73 Å². The van der Waals surface area contributed by atoms with Gasteiger partial charge in [0.25, 0.3) is 0 Å². The summed E-state index contributed by atoms with van der Waals surface area (Å²) < 4.78 is 0. The minimum absolute atomic E-state index is 0.174. The summed E-state index contributed by atoms with van der Waals surface area (Å²) in [4.78, 5) is 8.05. The Morgan fingerprint density at radius 1 is 1.50 bits per heavy atom. The zero-order valence-corrected chi connectivity index (χ0v) is 9.48. The summed E-state index contributed by atoms with van der Waals surface area (Å²) in [5.41, 5.74) is 6.56. The molecule has 0 saturated heterocycles. The first kappa shape index (κ1) is 11.1. The second-order valence-electron chi connectivity index (χ2n) is 4.37. The third-order valence-corrected chi connectivity index (χ3v) is 3.27. The fourth-order valence-corrected chi connectivity index (χ4v) is 2.13. The van der Waals surface area contributed by atoms with Crippen LogP contribution in [0.25, 0.3) is 0 Å². The van der Waals surface area contributed by atoms with Crippen LogP contribution in [0.1, 0.15) is 24.8 Å². The van der Waals surface area contributed by atoms with Crippen LogP contribution < -0.4 is 11.1 Å². The first-order valence-electron chi connectivity index (χ1n) is 5.67. The molecule has 1 aliphatic rings. The number of nitrogens with one attached hydrogen (secondary N) is 1. The maximum absolute atomic E-state index is 9.69. The molecule has 16 heavy (non-hydrogen) atoms. The average molecular weight is 222 g/mol. The average Bonchev–Trinajstić information content (AvgIpc) is 2.67. The van der Waals surface area contributed by atoms with Gasteiger partial charge in [-0.1, -0.05) is 6.42 Å². The van der Waals surface area contributed by atoms with E-state index < -0.39 is 0 Å². The molecular formula is C11H18N4O. The van der Waals surface area contributed by atoms with Crippen LogP contribution >= 0.6 is 0 Å². The first-order valence-corrected chi connectivity index (χ1v) is 5.67. The molecule has 0 radical (unpaired) electrons. The van der Waals surface area contributed by atoms with Crippen LogP contribution in [0.3, 0.4) is 0 Å². The van der Waals surface area contributed by atoms with E-state index in [1.165, 1.54) is 6.33 Å². The molecule has 1 aromatic heterocycles. The van der Waals surface area contributed by atoms with Crippen LogP contribution in [-0.4, -0.2) is 27.7 Å². The fraction of sp³-hybridized carbons (Fsp3) is 0.636. The maximum Gasteiger partial charge on any atom is 0.134 e. The molecule has 0 bridgehead atoms. The predicted octanol–water partition coefficient (Wildman–Crippen LogP) is 0.940. The molecule has 1 aliphatic carbocycles. The van der Waals surface area contributed by atoms with Crippen molar-refractivity contribution in [2.45, 2.75) is 32.3 Å². The van der Waals surface area contributed by atoms with E-state index in [1.807, 2.05) is 6.92 Å². The van der Waals surface area contributed by atoms with Gasteiger partial charge in [0.1, 0.15) is 18.0 Å². The topological polar surface area (TPSA) is 84.1 Å². The second kappa shape index (κ2) is 4.65. The van der Waals surface area contributed by atoms with Gasteiger partial charge in [-0.2, -0.15) is 0 Å². The molecular weight excluding hydrogens is 204 g/mol. The van der Waals surface area contributed by atoms with Crippen molar-refractivity contribution in [3.8, 4) is 0 Å². The molecule has 2 atom stereocenters. The number of rotatable bonds is 3. The lowest BCUT2D eigenvalue weighted by Crippen LogP contribution is -2.22. The highest BCUT2D eigenvalue weighted by Gasteiger charge is 2.24. The number of hydrogen-bond donors (Lipinski definition) is 3. The molecule has 1 aromatic rings. The third-order valence-electron chi connectivity index (χ3n) is 3.27. The quantitative estimate of drug-likeness (QED) is 0.709. The van der Waals surface area contributed by atoms with Crippen molar-refractivity contribution in [3.05, 3.63) is 11.9 Å². The molecule has 88 valence electrons. The highest BCUT2D eigenvalue weighted by molar-refractivity contribution is 5.53. The Morgan fingerprint density at radius 2 is 2.31 bits per heavy atom. The van der Waals surface area contributed by atoms with E-state index in [2.05, 4.69) is 15.3 Å². The van der Waals surface area contributed by atoms with Crippen molar-refractivity contribution in [1.29, 1.82) is 0 Å². The fourth-order valence-electron chi connectivity index (χ4n) is 2.13. The van der Waals surface area contributed by atoms with Crippen molar-refractivity contribution in [1.82, 2.24) is 9.97 Å².